The van der Waals surface area contributed by atoms with Gasteiger partial charge in [-0.25, -0.2) is 9.69 Å². The molecule has 0 bridgehead atoms. The van der Waals surface area contributed by atoms with Gasteiger partial charge in [0.25, 0.3) is 0 Å². The second-order valence-electron chi connectivity index (χ2n) is 5.98. The highest BCUT2D eigenvalue weighted by Crippen LogP contribution is 2.22. The minimum absolute atomic E-state index is 0.144. The molecule has 0 unspecified atom stereocenters. The average molecular weight is 313 g/mol. The maximum absolute atomic E-state index is 12.6. The molecular weight excluding hydrogens is 290 g/mol. The first-order valence-corrected chi connectivity index (χ1v) is 8.10. The Kier molecular flexibility index (Phi) is 6.22. The van der Waals surface area contributed by atoms with Gasteiger partial charge in [-0.05, 0) is 24.8 Å². The van der Waals surface area contributed by atoms with Crippen molar-refractivity contribution in [1.82, 2.24) is 4.90 Å². The first kappa shape index (κ1) is 17.1. The number of ether oxygens (including phenoxy) is 1. The molecule has 1 saturated heterocycles. The van der Waals surface area contributed by atoms with Crippen molar-refractivity contribution in [1.29, 1.82) is 0 Å². The smallest absolute Gasteiger partial charge is 0.416 e. The van der Waals surface area contributed by atoms with Gasteiger partial charge in [0.2, 0.25) is 5.91 Å². The lowest BCUT2D eigenvalue weighted by atomic mass is 10.00. The normalized spacial score (nSPS) is 18.3. The van der Waals surface area contributed by atoms with Gasteiger partial charge in [0.1, 0.15) is 6.61 Å². The van der Waals surface area contributed by atoms with Gasteiger partial charge in [0, 0.05) is 12.3 Å². The number of carbonyl (C=O) groups is 2. The van der Waals surface area contributed by atoms with Crippen LogP contribution < -0.4 is 0 Å². The van der Waals surface area contributed by atoms with Gasteiger partial charge in [-0.15, -0.1) is 12.3 Å². The van der Waals surface area contributed by atoms with E-state index < -0.39 is 6.09 Å². The van der Waals surface area contributed by atoms with Gasteiger partial charge in [0.05, 0.1) is 6.04 Å². The molecule has 0 aliphatic carbocycles. The highest BCUT2D eigenvalue weighted by atomic mass is 16.6. The summed E-state index contributed by atoms with van der Waals surface area (Å²) >= 11 is 0. The molecule has 2 atom stereocenters. The van der Waals surface area contributed by atoms with Crippen LogP contribution in [0.1, 0.15) is 38.2 Å². The molecule has 1 aromatic rings. The third-order valence-electron chi connectivity index (χ3n) is 4.14. The van der Waals surface area contributed by atoms with Crippen molar-refractivity contribution in [3.8, 4) is 12.3 Å². The van der Waals surface area contributed by atoms with Crippen molar-refractivity contribution in [3.63, 3.8) is 0 Å². The number of carbonyl (C=O) groups excluding carboxylic acids is 2. The number of rotatable bonds is 7. The highest BCUT2D eigenvalue weighted by Gasteiger charge is 2.39. The monoisotopic (exact) mass is 313 g/mol. The minimum atomic E-state index is -0.522. The van der Waals surface area contributed by atoms with Gasteiger partial charge in [-0.3, -0.25) is 4.79 Å². The molecule has 2 rings (SSSR count). The largest absolute Gasteiger partial charge is 0.447 e. The van der Waals surface area contributed by atoms with E-state index in [2.05, 4.69) is 5.92 Å². The molecule has 0 N–H and O–H groups in total. The number of hydrogen-bond donors (Lipinski definition) is 0. The maximum Gasteiger partial charge on any atom is 0.416 e. The van der Waals surface area contributed by atoms with E-state index >= 15 is 0 Å². The van der Waals surface area contributed by atoms with Crippen molar-refractivity contribution < 1.29 is 14.3 Å². The predicted molar refractivity (Wildman–Crippen MR) is 88.6 cm³/mol. The quantitative estimate of drug-likeness (QED) is 0.572. The predicted octanol–water partition coefficient (Wildman–Crippen LogP) is 3.41. The van der Waals surface area contributed by atoms with Crippen LogP contribution in [0.5, 0.6) is 0 Å². The van der Waals surface area contributed by atoms with E-state index in [1.54, 1.807) is 0 Å². The van der Waals surface area contributed by atoms with Crippen molar-refractivity contribution in [2.24, 2.45) is 5.92 Å². The molecule has 1 aliphatic heterocycles. The number of amides is 2. The van der Waals surface area contributed by atoms with E-state index in [0.29, 0.717) is 6.42 Å². The molecule has 23 heavy (non-hydrogen) atoms. The summed E-state index contributed by atoms with van der Waals surface area (Å²) in [4.78, 5) is 25.9. The van der Waals surface area contributed by atoms with E-state index in [9.17, 15) is 9.59 Å². The zero-order valence-corrected chi connectivity index (χ0v) is 13.5. The molecule has 0 spiro atoms. The number of unbranched alkanes of at least 4 members (excludes halogenated alkanes) is 2. The maximum atomic E-state index is 12.6. The lowest BCUT2D eigenvalue weighted by Gasteiger charge is -2.23. The first-order chi connectivity index (χ1) is 11.1. The Bertz CT molecular complexity index is 576. The first-order valence-electron chi connectivity index (χ1n) is 8.10. The number of imide groups is 1. The number of benzene rings is 1. The van der Waals surface area contributed by atoms with Crippen molar-refractivity contribution >= 4 is 12.0 Å². The second kappa shape index (κ2) is 8.38. The van der Waals surface area contributed by atoms with Gasteiger partial charge in [-0.1, -0.05) is 43.7 Å². The number of cyclic esters (lactones) is 1. The zero-order valence-electron chi connectivity index (χ0n) is 13.5. The molecule has 4 heteroatoms. The van der Waals surface area contributed by atoms with Crippen LogP contribution in [-0.2, 0) is 16.0 Å². The standard InChI is InChI=1S/C19H23NO3/c1-3-4-5-7-10-15(2)18(21)20-17(14-23-19(20)22)13-16-11-8-6-9-12-16/h1,6,8-9,11-12,15,17H,4-5,7,10,13-14H2,2H3/t15-,17-/m0/s1. The summed E-state index contributed by atoms with van der Waals surface area (Å²) in [6.45, 7) is 2.13. The number of terminal acetylenes is 1. The Balaban J connectivity index is 1.95. The average Bonchev–Trinajstić information content (AvgIpc) is 2.92. The molecule has 2 amide bonds. The summed E-state index contributed by atoms with van der Waals surface area (Å²) in [7, 11) is 0. The molecule has 122 valence electrons. The van der Waals surface area contributed by atoms with Crippen LogP contribution in [0.3, 0.4) is 0 Å². The molecule has 0 radical (unpaired) electrons. The highest BCUT2D eigenvalue weighted by molar-refractivity contribution is 5.94. The van der Waals surface area contributed by atoms with Gasteiger partial charge < -0.3 is 4.74 Å². The second-order valence-corrected chi connectivity index (χ2v) is 5.98. The lowest BCUT2D eigenvalue weighted by Crippen LogP contribution is -2.43. The van der Waals surface area contributed by atoms with Crippen molar-refractivity contribution in [2.45, 2.75) is 45.1 Å². The van der Waals surface area contributed by atoms with Crippen LogP contribution in [0, 0.1) is 18.3 Å². The fourth-order valence-corrected chi connectivity index (χ4v) is 2.81. The van der Waals surface area contributed by atoms with Gasteiger partial charge in [-0.2, -0.15) is 0 Å². The number of hydrogen-bond acceptors (Lipinski definition) is 3. The van der Waals surface area contributed by atoms with E-state index in [1.807, 2.05) is 37.3 Å². The molecule has 0 saturated carbocycles. The Hall–Kier alpha value is -2.28. The number of nitrogens with zero attached hydrogens (tertiary/aromatic N) is 1. The zero-order chi connectivity index (χ0) is 16.7. The molecule has 1 aliphatic rings. The summed E-state index contributed by atoms with van der Waals surface area (Å²) in [5.41, 5.74) is 1.09. The van der Waals surface area contributed by atoms with Crippen LogP contribution >= 0.6 is 0 Å². The summed E-state index contributed by atoms with van der Waals surface area (Å²) in [5, 5.41) is 0. The molecule has 0 aromatic heterocycles. The molecule has 1 fully saturated rings. The Morgan fingerprint density at radius 1 is 1.39 bits per heavy atom. The van der Waals surface area contributed by atoms with Crippen molar-refractivity contribution in [2.75, 3.05) is 6.61 Å². The SMILES string of the molecule is C#CCCCC[C@H](C)C(=O)N1C(=O)OC[C@@H]1Cc1ccccc1. The van der Waals surface area contributed by atoms with Crippen LogP contribution in [0.25, 0.3) is 0 Å². The van der Waals surface area contributed by atoms with E-state index in [1.165, 1.54) is 4.90 Å². The molecule has 4 nitrogen and oxygen atoms in total. The molecule has 1 aromatic carbocycles. The topological polar surface area (TPSA) is 46.6 Å². The van der Waals surface area contributed by atoms with Crippen LogP contribution in [-0.4, -0.2) is 29.5 Å². The molecular formula is C19H23NO3. The lowest BCUT2D eigenvalue weighted by molar-refractivity contribution is -0.133. The van der Waals surface area contributed by atoms with Crippen molar-refractivity contribution in [3.05, 3.63) is 35.9 Å². The van der Waals surface area contributed by atoms with Crippen LogP contribution in [0.2, 0.25) is 0 Å². The summed E-state index contributed by atoms with van der Waals surface area (Å²) in [6.07, 6.45) is 8.60. The van der Waals surface area contributed by atoms with Crippen LogP contribution in [0.4, 0.5) is 4.79 Å². The fraction of sp³-hybridized carbons (Fsp3) is 0.474. The Morgan fingerprint density at radius 2 is 2.13 bits per heavy atom. The summed E-state index contributed by atoms with van der Waals surface area (Å²) in [5.74, 6) is 2.26. The Morgan fingerprint density at radius 3 is 2.83 bits per heavy atom. The minimum Gasteiger partial charge on any atom is -0.447 e. The molecule has 1 heterocycles. The third-order valence-corrected chi connectivity index (χ3v) is 4.14. The fourth-order valence-electron chi connectivity index (χ4n) is 2.81. The van der Waals surface area contributed by atoms with E-state index in [-0.39, 0.29) is 24.5 Å². The van der Waals surface area contributed by atoms with Crippen LogP contribution in [0.15, 0.2) is 30.3 Å². The van der Waals surface area contributed by atoms with Gasteiger partial charge >= 0.3 is 6.09 Å². The third kappa shape index (κ3) is 4.59. The van der Waals surface area contributed by atoms with E-state index in [4.69, 9.17) is 11.2 Å². The Labute approximate surface area is 137 Å². The summed E-state index contributed by atoms with van der Waals surface area (Å²) < 4.78 is 5.10. The van der Waals surface area contributed by atoms with E-state index in [0.717, 1.165) is 31.2 Å². The van der Waals surface area contributed by atoms with Gasteiger partial charge in [0.15, 0.2) is 0 Å². The summed E-state index contributed by atoms with van der Waals surface area (Å²) in [6, 6.07) is 9.62.